The molecule has 0 aromatic heterocycles. The number of carbonyl (C=O) groups is 1. The summed E-state index contributed by atoms with van der Waals surface area (Å²) in [7, 11) is 3.27. The number of phenols is 1. The first kappa shape index (κ1) is 13.9. The Kier molecular flexibility index (Phi) is 3.94. The maximum absolute atomic E-state index is 12.5. The lowest BCUT2D eigenvalue weighted by molar-refractivity contribution is 0.0992. The second kappa shape index (κ2) is 5.65. The van der Waals surface area contributed by atoms with Gasteiger partial charge >= 0.3 is 0 Å². The highest BCUT2D eigenvalue weighted by Gasteiger charge is 2.18. The fourth-order valence-electron chi connectivity index (χ4n) is 2.08. The molecule has 0 saturated carbocycles. The topological polar surface area (TPSA) is 49.8 Å². The Labute approximate surface area is 118 Å². The Morgan fingerprint density at radius 2 is 1.90 bits per heavy atom. The van der Waals surface area contributed by atoms with Crippen LogP contribution in [0.3, 0.4) is 0 Å². The van der Waals surface area contributed by atoms with Gasteiger partial charge in [0.1, 0.15) is 11.5 Å². The van der Waals surface area contributed by atoms with E-state index in [0.717, 1.165) is 5.56 Å². The van der Waals surface area contributed by atoms with Gasteiger partial charge in [-0.2, -0.15) is 0 Å². The van der Waals surface area contributed by atoms with Crippen molar-refractivity contribution >= 4 is 11.6 Å². The number of aromatic hydroxyl groups is 1. The van der Waals surface area contributed by atoms with Gasteiger partial charge in [-0.25, -0.2) is 0 Å². The second-order valence-electron chi connectivity index (χ2n) is 4.54. The van der Waals surface area contributed by atoms with Crippen molar-refractivity contribution in [1.29, 1.82) is 0 Å². The number of carbonyl (C=O) groups excluding carboxylic acids is 1. The predicted octanol–water partition coefficient (Wildman–Crippen LogP) is 2.99. The van der Waals surface area contributed by atoms with E-state index in [1.165, 1.54) is 11.0 Å². The molecule has 1 amide bonds. The number of phenolic OH excluding ortho intramolecular Hbond substituents is 1. The Hall–Kier alpha value is -2.49. The summed E-state index contributed by atoms with van der Waals surface area (Å²) in [6, 6.07) is 12.0. The number of para-hydroxylation sites is 2. The Bertz CT molecular complexity index is 637. The number of hydrogen-bond acceptors (Lipinski definition) is 3. The highest BCUT2D eigenvalue weighted by Crippen LogP contribution is 2.28. The maximum Gasteiger partial charge on any atom is 0.258 e. The molecule has 0 unspecified atom stereocenters. The predicted molar refractivity (Wildman–Crippen MR) is 78.6 cm³/mol. The minimum absolute atomic E-state index is 0.146. The second-order valence-corrected chi connectivity index (χ2v) is 4.54. The number of methoxy groups -OCH3 is 1. The first-order chi connectivity index (χ1) is 9.54. The van der Waals surface area contributed by atoms with Crippen LogP contribution in [0.25, 0.3) is 0 Å². The molecule has 0 atom stereocenters. The lowest BCUT2D eigenvalue weighted by Crippen LogP contribution is -2.27. The first-order valence-electron chi connectivity index (χ1n) is 6.25. The van der Waals surface area contributed by atoms with Crippen LogP contribution in [-0.4, -0.2) is 25.2 Å². The van der Waals surface area contributed by atoms with Crippen molar-refractivity contribution < 1.29 is 14.6 Å². The first-order valence-corrected chi connectivity index (χ1v) is 6.25. The lowest BCUT2D eigenvalue weighted by Gasteiger charge is -2.20. The molecular formula is C16H17NO3. The van der Waals surface area contributed by atoms with Gasteiger partial charge in [0.15, 0.2) is 0 Å². The van der Waals surface area contributed by atoms with Gasteiger partial charge < -0.3 is 14.7 Å². The van der Waals surface area contributed by atoms with Gasteiger partial charge in [-0.3, -0.25) is 4.79 Å². The third-order valence-electron chi connectivity index (χ3n) is 3.19. The average Bonchev–Trinajstić information content (AvgIpc) is 2.45. The van der Waals surface area contributed by atoms with Crippen LogP contribution in [0.15, 0.2) is 42.5 Å². The molecule has 0 spiro atoms. The van der Waals surface area contributed by atoms with Crippen LogP contribution in [0.2, 0.25) is 0 Å². The van der Waals surface area contributed by atoms with Gasteiger partial charge in [0.25, 0.3) is 5.91 Å². The van der Waals surface area contributed by atoms with Crippen molar-refractivity contribution in [1.82, 2.24) is 0 Å². The van der Waals surface area contributed by atoms with E-state index in [1.54, 1.807) is 33.2 Å². The van der Waals surface area contributed by atoms with Gasteiger partial charge in [-0.15, -0.1) is 0 Å². The third-order valence-corrected chi connectivity index (χ3v) is 3.19. The van der Waals surface area contributed by atoms with Gasteiger partial charge in [0, 0.05) is 12.6 Å². The minimum atomic E-state index is -0.146. The number of nitrogens with zero attached hydrogens (tertiary/aromatic N) is 1. The van der Waals surface area contributed by atoms with Gasteiger partial charge in [0.05, 0.1) is 12.8 Å². The highest BCUT2D eigenvalue weighted by atomic mass is 16.5. The van der Waals surface area contributed by atoms with E-state index in [1.807, 2.05) is 24.3 Å². The summed E-state index contributed by atoms with van der Waals surface area (Å²) in [5.74, 6) is 0.644. The summed E-state index contributed by atoms with van der Waals surface area (Å²) >= 11 is 0. The molecule has 0 heterocycles. The summed E-state index contributed by atoms with van der Waals surface area (Å²) in [5.41, 5.74) is 1.99. The Balaban J connectivity index is 2.37. The van der Waals surface area contributed by atoms with Crippen molar-refractivity contribution in [3.63, 3.8) is 0 Å². The van der Waals surface area contributed by atoms with E-state index in [9.17, 15) is 9.90 Å². The molecule has 0 radical (unpaired) electrons. The van der Waals surface area contributed by atoms with Crippen LogP contribution in [0, 0.1) is 6.92 Å². The van der Waals surface area contributed by atoms with Crippen LogP contribution in [0.1, 0.15) is 15.9 Å². The van der Waals surface area contributed by atoms with Gasteiger partial charge in [-0.1, -0.05) is 12.1 Å². The summed E-state index contributed by atoms with van der Waals surface area (Å²) in [5, 5.41) is 9.41. The quantitative estimate of drug-likeness (QED) is 0.933. The summed E-state index contributed by atoms with van der Waals surface area (Å²) < 4.78 is 5.27. The van der Waals surface area contributed by atoms with Crippen LogP contribution in [0.5, 0.6) is 11.5 Å². The Morgan fingerprint density at radius 1 is 1.20 bits per heavy atom. The molecule has 2 aromatic rings. The van der Waals surface area contributed by atoms with Crippen molar-refractivity contribution in [2.45, 2.75) is 6.92 Å². The number of amides is 1. The molecule has 0 bridgehead atoms. The van der Waals surface area contributed by atoms with Crippen LogP contribution in [0.4, 0.5) is 5.69 Å². The van der Waals surface area contributed by atoms with E-state index in [2.05, 4.69) is 0 Å². The molecule has 0 saturated heterocycles. The van der Waals surface area contributed by atoms with E-state index in [-0.39, 0.29) is 11.7 Å². The zero-order valence-electron chi connectivity index (χ0n) is 11.8. The molecule has 2 rings (SSSR count). The van der Waals surface area contributed by atoms with E-state index in [0.29, 0.717) is 17.0 Å². The van der Waals surface area contributed by atoms with Gasteiger partial charge in [-0.05, 0) is 42.8 Å². The molecule has 4 heteroatoms. The fourth-order valence-corrected chi connectivity index (χ4v) is 2.08. The highest BCUT2D eigenvalue weighted by molar-refractivity contribution is 6.07. The standard InChI is InChI=1S/C16H17NO3/c1-11-10-12(18)8-9-13(11)16(19)17(2)14-6-4-5-7-15(14)20-3/h4-10,18H,1-3H3. The zero-order valence-corrected chi connectivity index (χ0v) is 11.8. The minimum Gasteiger partial charge on any atom is -0.508 e. The molecular weight excluding hydrogens is 254 g/mol. The number of aryl methyl sites for hydroxylation is 1. The number of hydrogen-bond donors (Lipinski definition) is 1. The van der Waals surface area contributed by atoms with E-state index < -0.39 is 0 Å². The molecule has 20 heavy (non-hydrogen) atoms. The molecule has 0 fully saturated rings. The molecule has 1 N–H and O–H groups in total. The smallest absolute Gasteiger partial charge is 0.258 e. The summed E-state index contributed by atoms with van der Waals surface area (Å²) in [6.45, 7) is 1.79. The van der Waals surface area contributed by atoms with Crippen LogP contribution < -0.4 is 9.64 Å². The largest absolute Gasteiger partial charge is 0.508 e. The SMILES string of the molecule is COc1ccccc1N(C)C(=O)c1ccc(O)cc1C. The molecule has 0 aliphatic heterocycles. The monoisotopic (exact) mass is 271 g/mol. The van der Waals surface area contributed by atoms with Crippen molar-refractivity contribution in [2.24, 2.45) is 0 Å². The average molecular weight is 271 g/mol. The lowest BCUT2D eigenvalue weighted by atomic mass is 10.1. The van der Waals surface area contributed by atoms with E-state index in [4.69, 9.17) is 4.74 Å². The number of rotatable bonds is 3. The molecule has 4 nitrogen and oxygen atoms in total. The zero-order chi connectivity index (χ0) is 14.7. The van der Waals surface area contributed by atoms with Crippen molar-refractivity contribution in [2.75, 3.05) is 19.1 Å². The third kappa shape index (κ3) is 2.59. The number of ether oxygens (including phenoxy) is 1. The Morgan fingerprint density at radius 3 is 2.55 bits per heavy atom. The normalized spacial score (nSPS) is 10.2. The molecule has 0 aliphatic rings. The van der Waals surface area contributed by atoms with Crippen molar-refractivity contribution in [3.8, 4) is 11.5 Å². The van der Waals surface area contributed by atoms with Crippen LogP contribution in [-0.2, 0) is 0 Å². The number of anilines is 1. The van der Waals surface area contributed by atoms with Crippen LogP contribution >= 0.6 is 0 Å². The fraction of sp³-hybridized carbons (Fsp3) is 0.188. The molecule has 104 valence electrons. The van der Waals surface area contributed by atoms with Crippen molar-refractivity contribution in [3.05, 3.63) is 53.6 Å². The molecule has 2 aromatic carbocycles. The maximum atomic E-state index is 12.5. The molecule has 0 aliphatic carbocycles. The van der Waals surface area contributed by atoms with Gasteiger partial charge in [0.2, 0.25) is 0 Å². The summed E-state index contributed by atoms with van der Waals surface area (Å²) in [4.78, 5) is 14.1. The number of benzene rings is 2. The summed E-state index contributed by atoms with van der Waals surface area (Å²) in [6.07, 6.45) is 0. The van der Waals surface area contributed by atoms with E-state index >= 15 is 0 Å².